The number of imidazole rings is 1. The number of aromatic nitrogens is 3. The topological polar surface area (TPSA) is 68.0 Å². The fourth-order valence-corrected chi connectivity index (χ4v) is 3.27. The molecule has 0 atom stereocenters. The molecular weight excluding hydrogens is 266 g/mol. The zero-order valence-electron chi connectivity index (χ0n) is 12.2. The van der Waals surface area contributed by atoms with E-state index >= 15 is 0 Å². The van der Waals surface area contributed by atoms with Gasteiger partial charge >= 0.3 is 5.97 Å². The van der Waals surface area contributed by atoms with E-state index in [1.54, 1.807) is 0 Å². The Balaban J connectivity index is 1.91. The van der Waals surface area contributed by atoms with Gasteiger partial charge in [-0.05, 0) is 31.4 Å². The zero-order valence-corrected chi connectivity index (χ0v) is 12.2. The molecule has 0 bridgehead atoms. The van der Waals surface area contributed by atoms with Gasteiger partial charge in [-0.15, -0.1) is 0 Å². The molecule has 0 aliphatic heterocycles. The third-order valence-electron chi connectivity index (χ3n) is 4.25. The molecule has 2 aromatic rings. The van der Waals surface area contributed by atoms with Crippen LogP contribution in [-0.2, 0) is 11.2 Å². The van der Waals surface area contributed by atoms with Crippen LogP contribution in [0.25, 0.3) is 11.2 Å². The number of aryl methyl sites for hydroxylation is 1. The summed E-state index contributed by atoms with van der Waals surface area (Å²) >= 11 is 0. The van der Waals surface area contributed by atoms with Crippen LogP contribution >= 0.6 is 0 Å². The Morgan fingerprint density at radius 1 is 1.33 bits per heavy atom. The number of carboxylic acid groups (broad SMARTS) is 1. The number of aliphatic carboxylic acids is 1. The molecule has 1 N–H and O–H groups in total. The Bertz CT molecular complexity index is 629. The smallest absolute Gasteiger partial charge is 0.303 e. The highest BCUT2D eigenvalue weighted by Gasteiger charge is 2.21. The molecule has 1 aliphatic rings. The first-order chi connectivity index (χ1) is 10.3. The summed E-state index contributed by atoms with van der Waals surface area (Å²) in [6, 6.07) is 4.36. The van der Waals surface area contributed by atoms with E-state index in [4.69, 9.17) is 10.1 Å². The summed E-state index contributed by atoms with van der Waals surface area (Å²) in [5, 5.41) is 8.81. The summed E-state index contributed by atoms with van der Waals surface area (Å²) in [6.45, 7) is 0. The van der Waals surface area contributed by atoms with E-state index in [1.807, 2.05) is 18.3 Å². The average Bonchev–Trinajstić information content (AvgIpc) is 2.86. The first-order valence-corrected chi connectivity index (χ1v) is 7.79. The predicted molar refractivity (Wildman–Crippen MR) is 80.2 cm³/mol. The van der Waals surface area contributed by atoms with Crippen molar-refractivity contribution in [3.63, 3.8) is 0 Å². The van der Waals surface area contributed by atoms with Gasteiger partial charge in [-0.1, -0.05) is 19.3 Å². The molecule has 0 aromatic carbocycles. The van der Waals surface area contributed by atoms with Crippen LogP contribution in [0, 0.1) is 0 Å². The zero-order chi connectivity index (χ0) is 14.7. The molecule has 2 heterocycles. The van der Waals surface area contributed by atoms with E-state index < -0.39 is 5.97 Å². The molecule has 1 aliphatic carbocycles. The fraction of sp³-hybridized carbons (Fsp3) is 0.562. The summed E-state index contributed by atoms with van der Waals surface area (Å²) in [5.41, 5.74) is 1.88. The van der Waals surface area contributed by atoms with Crippen LogP contribution in [0.4, 0.5) is 0 Å². The molecule has 0 spiro atoms. The average molecular weight is 287 g/mol. The number of fused-ring (bicyclic) bond motifs is 1. The number of carboxylic acids is 1. The van der Waals surface area contributed by atoms with Gasteiger partial charge in [-0.25, -0.2) is 9.97 Å². The van der Waals surface area contributed by atoms with Crippen molar-refractivity contribution in [2.24, 2.45) is 0 Å². The molecular formula is C16H21N3O2. The molecule has 2 aromatic heterocycles. The molecule has 112 valence electrons. The Labute approximate surface area is 124 Å². The van der Waals surface area contributed by atoms with Gasteiger partial charge in [0.2, 0.25) is 0 Å². The normalized spacial score (nSPS) is 16.4. The lowest BCUT2D eigenvalue weighted by molar-refractivity contribution is -0.137. The number of pyridine rings is 1. The van der Waals surface area contributed by atoms with E-state index in [0.717, 1.165) is 17.0 Å². The van der Waals surface area contributed by atoms with Crippen molar-refractivity contribution in [2.75, 3.05) is 0 Å². The van der Waals surface area contributed by atoms with Crippen LogP contribution in [0.3, 0.4) is 0 Å². The lowest BCUT2D eigenvalue weighted by Gasteiger charge is -2.25. The summed E-state index contributed by atoms with van der Waals surface area (Å²) in [7, 11) is 0. The van der Waals surface area contributed by atoms with E-state index in [1.165, 1.54) is 32.1 Å². The number of hydrogen-bond acceptors (Lipinski definition) is 3. The van der Waals surface area contributed by atoms with Crippen LogP contribution in [-0.4, -0.2) is 25.6 Å². The molecule has 0 saturated heterocycles. The van der Waals surface area contributed by atoms with Crippen LogP contribution in [0.15, 0.2) is 18.3 Å². The van der Waals surface area contributed by atoms with Gasteiger partial charge in [-0.2, -0.15) is 0 Å². The lowest BCUT2D eigenvalue weighted by atomic mass is 9.95. The van der Waals surface area contributed by atoms with Crippen LogP contribution in [0.2, 0.25) is 0 Å². The lowest BCUT2D eigenvalue weighted by Crippen LogP contribution is -2.16. The Morgan fingerprint density at radius 3 is 2.90 bits per heavy atom. The fourth-order valence-electron chi connectivity index (χ4n) is 3.27. The highest BCUT2D eigenvalue weighted by Crippen LogP contribution is 2.32. The van der Waals surface area contributed by atoms with Gasteiger partial charge in [-0.3, -0.25) is 4.79 Å². The molecule has 0 amide bonds. The van der Waals surface area contributed by atoms with Crippen LogP contribution < -0.4 is 0 Å². The predicted octanol–water partition coefficient (Wildman–Crippen LogP) is 3.34. The second kappa shape index (κ2) is 6.24. The van der Waals surface area contributed by atoms with Crippen molar-refractivity contribution in [1.29, 1.82) is 0 Å². The molecule has 5 heteroatoms. The maximum Gasteiger partial charge on any atom is 0.303 e. The second-order valence-electron chi connectivity index (χ2n) is 5.78. The van der Waals surface area contributed by atoms with Gasteiger partial charge in [0.15, 0.2) is 5.65 Å². The third-order valence-corrected chi connectivity index (χ3v) is 4.25. The minimum absolute atomic E-state index is 0.196. The Morgan fingerprint density at radius 2 is 2.14 bits per heavy atom. The van der Waals surface area contributed by atoms with Crippen molar-refractivity contribution >= 4 is 17.1 Å². The number of nitrogens with zero attached hydrogens (tertiary/aromatic N) is 3. The SMILES string of the molecule is O=C(O)CCCc1nc2cccnc2n1C1CCCCC1. The largest absolute Gasteiger partial charge is 0.481 e. The maximum absolute atomic E-state index is 10.7. The first kappa shape index (κ1) is 14.0. The molecule has 1 fully saturated rings. The quantitative estimate of drug-likeness (QED) is 0.915. The molecule has 5 nitrogen and oxygen atoms in total. The van der Waals surface area contributed by atoms with E-state index in [-0.39, 0.29) is 6.42 Å². The minimum Gasteiger partial charge on any atom is -0.481 e. The van der Waals surface area contributed by atoms with Crippen molar-refractivity contribution in [3.05, 3.63) is 24.2 Å². The Kier molecular flexibility index (Phi) is 4.18. The van der Waals surface area contributed by atoms with E-state index in [9.17, 15) is 4.79 Å². The summed E-state index contributed by atoms with van der Waals surface area (Å²) in [4.78, 5) is 19.9. The summed E-state index contributed by atoms with van der Waals surface area (Å²) in [6.07, 6.45) is 9.51. The van der Waals surface area contributed by atoms with Crippen LogP contribution in [0.1, 0.15) is 56.8 Å². The molecule has 1 saturated carbocycles. The number of rotatable bonds is 5. The standard InChI is InChI=1S/C16H21N3O2/c20-15(21)10-4-9-14-18-13-8-5-11-17-16(13)19(14)12-6-2-1-3-7-12/h5,8,11-12H,1-4,6-7,9-10H2,(H,20,21). The first-order valence-electron chi connectivity index (χ1n) is 7.79. The molecule has 0 unspecified atom stereocenters. The highest BCUT2D eigenvalue weighted by atomic mass is 16.4. The van der Waals surface area contributed by atoms with Gasteiger partial charge in [0.05, 0.1) is 0 Å². The summed E-state index contributed by atoms with van der Waals surface area (Å²) < 4.78 is 2.27. The third kappa shape index (κ3) is 3.06. The van der Waals surface area contributed by atoms with E-state index in [2.05, 4.69) is 9.55 Å². The highest BCUT2D eigenvalue weighted by molar-refractivity contribution is 5.71. The molecule has 0 radical (unpaired) electrons. The maximum atomic E-state index is 10.7. The molecule has 3 rings (SSSR count). The monoisotopic (exact) mass is 287 g/mol. The van der Waals surface area contributed by atoms with E-state index in [0.29, 0.717) is 18.9 Å². The summed E-state index contributed by atoms with van der Waals surface area (Å²) in [5.74, 6) is 0.255. The van der Waals surface area contributed by atoms with Gasteiger partial charge < -0.3 is 9.67 Å². The second-order valence-corrected chi connectivity index (χ2v) is 5.78. The van der Waals surface area contributed by atoms with Crippen molar-refractivity contribution in [1.82, 2.24) is 14.5 Å². The molecule has 21 heavy (non-hydrogen) atoms. The van der Waals surface area contributed by atoms with Crippen molar-refractivity contribution in [2.45, 2.75) is 57.4 Å². The minimum atomic E-state index is -0.742. The van der Waals surface area contributed by atoms with Gasteiger partial charge in [0.25, 0.3) is 0 Å². The van der Waals surface area contributed by atoms with Crippen molar-refractivity contribution < 1.29 is 9.90 Å². The van der Waals surface area contributed by atoms with Crippen molar-refractivity contribution in [3.8, 4) is 0 Å². The number of hydrogen-bond donors (Lipinski definition) is 1. The van der Waals surface area contributed by atoms with Gasteiger partial charge in [0, 0.05) is 25.1 Å². The Hall–Kier alpha value is -1.91. The van der Waals surface area contributed by atoms with Gasteiger partial charge in [0.1, 0.15) is 11.3 Å². The number of carbonyl (C=O) groups is 1. The van der Waals surface area contributed by atoms with Crippen LogP contribution in [0.5, 0.6) is 0 Å².